The second-order valence-corrected chi connectivity index (χ2v) is 6.25. The molecule has 1 rings (SSSR count). The quantitative estimate of drug-likeness (QED) is 0.602. The fourth-order valence-electron chi connectivity index (χ4n) is 2.83. The first-order valence-electron chi connectivity index (χ1n) is 8.81. The van der Waals surface area contributed by atoms with Gasteiger partial charge in [-0.3, -0.25) is 14.4 Å². The van der Waals surface area contributed by atoms with Gasteiger partial charge in [-0.2, -0.15) is 0 Å². The van der Waals surface area contributed by atoms with Gasteiger partial charge in [-0.1, -0.05) is 19.8 Å². The van der Waals surface area contributed by atoms with E-state index >= 15 is 0 Å². The first-order valence-corrected chi connectivity index (χ1v) is 8.81. The van der Waals surface area contributed by atoms with Crippen molar-refractivity contribution in [3.63, 3.8) is 0 Å². The summed E-state index contributed by atoms with van der Waals surface area (Å²) in [6.07, 6.45) is 6.42. The van der Waals surface area contributed by atoms with Gasteiger partial charge in [0.1, 0.15) is 0 Å². The van der Waals surface area contributed by atoms with Gasteiger partial charge in [-0.25, -0.2) is 0 Å². The van der Waals surface area contributed by atoms with Crippen LogP contribution in [0, 0.1) is 5.92 Å². The minimum absolute atomic E-state index is 0.0210. The number of unbranched alkanes of at least 4 members (excludes halogenated alkanes) is 3. The van der Waals surface area contributed by atoms with Crippen LogP contribution in [-0.4, -0.2) is 47.4 Å². The topological polar surface area (TPSA) is 86.7 Å². The predicted octanol–water partition coefficient (Wildman–Crippen LogP) is 2.18. The average molecular weight is 326 g/mol. The Bertz CT molecular complexity index is 390. The van der Waals surface area contributed by atoms with Crippen LogP contribution in [0.25, 0.3) is 0 Å². The Labute approximate surface area is 138 Å². The third kappa shape index (κ3) is 8.00. The summed E-state index contributed by atoms with van der Waals surface area (Å²) in [7, 11) is 0. The maximum atomic E-state index is 12.0. The molecule has 0 aromatic heterocycles. The number of carbonyl (C=O) groups is 3. The summed E-state index contributed by atoms with van der Waals surface area (Å²) < 4.78 is 0. The van der Waals surface area contributed by atoms with Gasteiger partial charge in [0.15, 0.2) is 0 Å². The van der Waals surface area contributed by atoms with Crippen molar-refractivity contribution in [3.05, 3.63) is 0 Å². The summed E-state index contributed by atoms with van der Waals surface area (Å²) in [4.78, 5) is 36.3. The lowest BCUT2D eigenvalue weighted by molar-refractivity contribution is -0.138. The third-order valence-electron chi connectivity index (χ3n) is 4.33. The molecule has 0 aliphatic carbocycles. The number of amides is 2. The molecule has 1 aliphatic rings. The Kier molecular flexibility index (Phi) is 9.33. The van der Waals surface area contributed by atoms with Crippen molar-refractivity contribution in [1.29, 1.82) is 0 Å². The summed E-state index contributed by atoms with van der Waals surface area (Å²) in [5.41, 5.74) is 0. The number of aliphatic carboxylic acids is 1. The van der Waals surface area contributed by atoms with E-state index < -0.39 is 5.97 Å². The zero-order valence-corrected chi connectivity index (χ0v) is 14.2. The van der Waals surface area contributed by atoms with Crippen LogP contribution < -0.4 is 5.32 Å². The molecule has 0 atom stereocenters. The van der Waals surface area contributed by atoms with Gasteiger partial charge in [-0.15, -0.1) is 0 Å². The van der Waals surface area contributed by atoms with E-state index in [2.05, 4.69) is 12.2 Å². The summed E-state index contributed by atoms with van der Waals surface area (Å²) in [5, 5.41) is 11.6. The summed E-state index contributed by atoms with van der Waals surface area (Å²) >= 11 is 0. The van der Waals surface area contributed by atoms with Crippen LogP contribution in [0.15, 0.2) is 0 Å². The molecule has 1 aliphatic heterocycles. The highest BCUT2D eigenvalue weighted by molar-refractivity contribution is 5.80. The van der Waals surface area contributed by atoms with E-state index in [-0.39, 0.29) is 24.2 Å². The minimum Gasteiger partial charge on any atom is -0.481 e. The molecule has 0 bridgehead atoms. The van der Waals surface area contributed by atoms with E-state index in [1.165, 1.54) is 0 Å². The molecular weight excluding hydrogens is 296 g/mol. The number of nitrogens with zero attached hydrogens (tertiary/aromatic N) is 1. The average Bonchev–Trinajstić information content (AvgIpc) is 2.55. The van der Waals surface area contributed by atoms with Crippen molar-refractivity contribution >= 4 is 17.8 Å². The van der Waals surface area contributed by atoms with E-state index in [0.29, 0.717) is 32.4 Å². The maximum absolute atomic E-state index is 12.0. The highest BCUT2D eigenvalue weighted by Crippen LogP contribution is 2.18. The van der Waals surface area contributed by atoms with Crippen LogP contribution in [0.5, 0.6) is 0 Å². The van der Waals surface area contributed by atoms with E-state index in [4.69, 9.17) is 5.11 Å². The molecule has 132 valence electrons. The molecule has 6 heteroatoms. The van der Waals surface area contributed by atoms with Gasteiger partial charge in [-0.05, 0) is 32.1 Å². The van der Waals surface area contributed by atoms with E-state index in [9.17, 15) is 14.4 Å². The lowest BCUT2D eigenvalue weighted by Gasteiger charge is -2.31. The third-order valence-corrected chi connectivity index (χ3v) is 4.33. The first-order chi connectivity index (χ1) is 11.0. The zero-order chi connectivity index (χ0) is 17.1. The van der Waals surface area contributed by atoms with E-state index in [0.717, 1.165) is 38.6 Å². The van der Waals surface area contributed by atoms with Crippen molar-refractivity contribution in [3.8, 4) is 0 Å². The number of rotatable bonds is 10. The minimum atomic E-state index is -0.816. The molecule has 1 fully saturated rings. The zero-order valence-electron chi connectivity index (χ0n) is 14.2. The van der Waals surface area contributed by atoms with Crippen molar-refractivity contribution in [2.45, 2.75) is 64.7 Å². The van der Waals surface area contributed by atoms with Crippen LogP contribution in [-0.2, 0) is 14.4 Å². The van der Waals surface area contributed by atoms with E-state index in [1.807, 2.05) is 4.90 Å². The molecule has 6 nitrogen and oxygen atoms in total. The molecule has 0 aromatic rings. The normalized spacial score (nSPS) is 15.4. The summed E-state index contributed by atoms with van der Waals surface area (Å²) in [6, 6.07) is 0. The molecule has 2 N–H and O–H groups in total. The number of likely N-dealkylation sites (tertiary alicyclic amines) is 1. The lowest BCUT2D eigenvalue weighted by Crippen LogP contribution is -2.43. The fourth-order valence-corrected chi connectivity index (χ4v) is 2.83. The summed E-state index contributed by atoms with van der Waals surface area (Å²) in [5.74, 6) is -0.595. The van der Waals surface area contributed by atoms with Crippen LogP contribution >= 0.6 is 0 Å². The monoisotopic (exact) mass is 326 g/mol. The Balaban J connectivity index is 2.17. The van der Waals surface area contributed by atoms with Crippen LogP contribution in [0.1, 0.15) is 64.7 Å². The van der Waals surface area contributed by atoms with Gasteiger partial charge in [0.25, 0.3) is 0 Å². The number of hydrogen-bond acceptors (Lipinski definition) is 3. The highest BCUT2D eigenvalue weighted by Gasteiger charge is 2.26. The number of hydrogen-bond donors (Lipinski definition) is 2. The second-order valence-electron chi connectivity index (χ2n) is 6.25. The fraction of sp³-hybridized carbons (Fsp3) is 0.824. The number of carboxylic acids is 1. The van der Waals surface area contributed by atoms with Crippen LogP contribution in [0.3, 0.4) is 0 Å². The molecule has 2 amide bonds. The predicted molar refractivity (Wildman–Crippen MR) is 87.9 cm³/mol. The molecule has 23 heavy (non-hydrogen) atoms. The standard InChI is InChI=1S/C17H30N2O4/c1-2-3-6-11-18-17(23)14-9-12-19(13-10-14)15(20)7-4-5-8-16(21)22/h14H,2-13H2,1H3,(H,18,23)(H,21,22). The Morgan fingerprint density at radius 2 is 1.70 bits per heavy atom. The van der Waals surface area contributed by atoms with Crippen LogP contribution in [0.4, 0.5) is 0 Å². The lowest BCUT2D eigenvalue weighted by atomic mass is 9.95. The van der Waals surface area contributed by atoms with Crippen LogP contribution in [0.2, 0.25) is 0 Å². The van der Waals surface area contributed by atoms with E-state index in [1.54, 1.807) is 0 Å². The summed E-state index contributed by atoms with van der Waals surface area (Å²) in [6.45, 7) is 4.14. The van der Waals surface area contributed by atoms with Crippen molar-refractivity contribution < 1.29 is 19.5 Å². The molecular formula is C17H30N2O4. The SMILES string of the molecule is CCCCCNC(=O)C1CCN(C(=O)CCCCC(=O)O)CC1. The van der Waals surface area contributed by atoms with Gasteiger partial charge in [0, 0.05) is 38.4 Å². The smallest absolute Gasteiger partial charge is 0.303 e. The first kappa shape index (κ1) is 19.5. The Morgan fingerprint density at radius 3 is 2.30 bits per heavy atom. The number of piperidine rings is 1. The highest BCUT2D eigenvalue weighted by atomic mass is 16.4. The van der Waals surface area contributed by atoms with Gasteiger partial charge in [0.05, 0.1) is 0 Å². The molecule has 0 unspecified atom stereocenters. The second kappa shape index (κ2) is 11.0. The number of nitrogens with one attached hydrogen (secondary N) is 1. The van der Waals surface area contributed by atoms with Gasteiger partial charge in [0.2, 0.25) is 11.8 Å². The van der Waals surface area contributed by atoms with Gasteiger partial charge < -0.3 is 15.3 Å². The Morgan fingerprint density at radius 1 is 1.04 bits per heavy atom. The van der Waals surface area contributed by atoms with Crippen molar-refractivity contribution in [1.82, 2.24) is 10.2 Å². The molecule has 0 spiro atoms. The molecule has 0 radical (unpaired) electrons. The number of carboxylic acid groups (broad SMARTS) is 1. The Hall–Kier alpha value is -1.59. The molecule has 0 saturated carbocycles. The maximum Gasteiger partial charge on any atom is 0.303 e. The largest absolute Gasteiger partial charge is 0.481 e. The molecule has 1 heterocycles. The number of carbonyl (C=O) groups excluding carboxylic acids is 2. The van der Waals surface area contributed by atoms with Crippen molar-refractivity contribution in [2.24, 2.45) is 5.92 Å². The van der Waals surface area contributed by atoms with Gasteiger partial charge >= 0.3 is 5.97 Å². The molecule has 0 aromatic carbocycles. The molecule has 1 saturated heterocycles. The van der Waals surface area contributed by atoms with Crippen molar-refractivity contribution in [2.75, 3.05) is 19.6 Å².